The Morgan fingerprint density at radius 2 is 1.19 bits per heavy atom. The summed E-state index contributed by atoms with van der Waals surface area (Å²) in [5.41, 5.74) is 2.54. The van der Waals surface area contributed by atoms with Gasteiger partial charge in [-0.05, 0) is 11.1 Å². The van der Waals surface area contributed by atoms with Gasteiger partial charge < -0.3 is 0 Å². The average molecular weight is 306 g/mol. The molecule has 0 amide bonds. The second kappa shape index (κ2) is 5.69. The number of rotatable bonds is 2. The Kier molecular flexibility index (Phi) is 3.75. The highest BCUT2D eigenvalue weighted by Gasteiger charge is 2.47. The van der Waals surface area contributed by atoms with Crippen molar-refractivity contribution in [2.75, 3.05) is 0 Å². The summed E-state index contributed by atoms with van der Waals surface area (Å²) in [6, 6.07) is 24.3. The molecule has 0 saturated carbocycles. The average Bonchev–Trinajstić information content (AvgIpc) is 2.52. The molecule has 0 N–H and O–H groups in total. The number of benzene rings is 2. The SMILES string of the molecule is N#CC(C#N)=C1SC(c2ccccc2)(c2ccccc2)S1. The Morgan fingerprint density at radius 3 is 1.57 bits per heavy atom. The summed E-state index contributed by atoms with van der Waals surface area (Å²) in [4.78, 5) is 0. The molecule has 0 aliphatic carbocycles. The van der Waals surface area contributed by atoms with Gasteiger partial charge in [-0.25, -0.2) is 0 Å². The fraction of sp³-hybridized carbons (Fsp3) is 0.0588. The van der Waals surface area contributed by atoms with Gasteiger partial charge in [-0.1, -0.05) is 84.2 Å². The van der Waals surface area contributed by atoms with Gasteiger partial charge in [0.2, 0.25) is 0 Å². The highest BCUT2D eigenvalue weighted by Crippen LogP contribution is 2.69. The van der Waals surface area contributed by atoms with Crippen LogP contribution in [-0.2, 0) is 4.08 Å². The van der Waals surface area contributed by atoms with Gasteiger partial charge in [0.05, 0.1) is 4.24 Å². The predicted molar refractivity (Wildman–Crippen MR) is 87.1 cm³/mol. The number of hydrogen-bond donors (Lipinski definition) is 0. The van der Waals surface area contributed by atoms with Crippen LogP contribution in [0.3, 0.4) is 0 Å². The third-order valence-electron chi connectivity index (χ3n) is 3.21. The number of nitriles is 2. The minimum Gasteiger partial charge on any atom is -0.192 e. The van der Waals surface area contributed by atoms with Gasteiger partial charge in [0.15, 0.2) is 0 Å². The van der Waals surface area contributed by atoms with Crippen LogP contribution in [0, 0.1) is 22.7 Å². The lowest BCUT2D eigenvalue weighted by molar-refractivity contribution is 1.07. The fourth-order valence-corrected chi connectivity index (χ4v) is 5.14. The standard InChI is InChI=1S/C17H10N2S2/c18-11-13(12-19)16-20-17(21-16,14-7-3-1-4-8-14)15-9-5-2-6-10-15/h1-10H. The largest absolute Gasteiger partial charge is 0.192 e. The topological polar surface area (TPSA) is 47.6 Å². The molecular weight excluding hydrogens is 296 g/mol. The lowest BCUT2D eigenvalue weighted by atomic mass is 10.0. The minimum absolute atomic E-state index is 0.201. The van der Waals surface area contributed by atoms with E-state index in [4.69, 9.17) is 10.5 Å². The molecule has 0 aromatic heterocycles. The second-order valence-electron chi connectivity index (χ2n) is 4.44. The van der Waals surface area contributed by atoms with Crippen molar-refractivity contribution in [1.29, 1.82) is 10.5 Å². The molecule has 3 rings (SSSR count). The molecule has 21 heavy (non-hydrogen) atoms. The first-order chi connectivity index (χ1) is 10.3. The number of hydrogen-bond acceptors (Lipinski definition) is 4. The Morgan fingerprint density at radius 1 is 0.762 bits per heavy atom. The van der Waals surface area contributed by atoms with Crippen molar-refractivity contribution in [1.82, 2.24) is 0 Å². The van der Waals surface area contributed by atoms with Crippen LogP contribution in [0.25, 0.3) is 0 Å². The van der Waals surface area contributed by atoms with Gasteiger partial charge in [-0.15, -0.1) is 0 Å². The molecular formula is C17H10N2S2. The maximum atomic E-state index is 9.02. The van der Waals surface area contributed by atoms with Gasteiger partial charge in [-0.2, -0.15) is 10.5 Å². The Balaban J connectivity index is 2.08. The first kappa shape index (κ1) is 13.8. The summed E-state index contributed by atoms with van der Waals surface area (Å²) in [5.74, 6) is 0. The zero-order chi connectivity index (χ0) is 14.7. The van der Waals surface area contributed by atoms with E-state index in [9.17, 15) is 0 Å². The maximum Gasteiger partial charge on any atom is 0.149 e. The molecule has 0 spiro atoms. The number of nitrogens with zero attached hydrogens (tertiary/aromatic N) is 2. The Hall–Kier alpha value is -2.14. The van der Waals surface area contributed by atoms with Crippen molar-refractivity contribution >= 4 is 23.5 Å². The first-order valence-corrected chi connectivity index (χ1v) is 7.97. The predicted octanol–water partition coefficient (Wildman–Crippen LogP) is 4.63. The van der Waals surface area contributed by atoms with Gasteiger partial charge >= 0.3 is 0 Å². The van der Waals surface area contributed by atoms with E-state index in [0.717, 1.165) is 4.24 Å². The zero-order valence-electron chi connectivity index (χ0n) is 11.0. The van der Waals surface area contributed by atoms with Gasteiger partial charge in [0.25, 0.3) is 0 Å². The van der Waals surface area contributed by atoms with Crippen molar-refractivity contribution in [2.24, 2.45) is 0 Å². The molecule has 0 radical (unpaired) electrons. The third kappa shape index (κ3) is 2.34. The molecule has 2 aromatic carbocycles. The van der Waals surface area contributed by atoms with Crippen LogP contribution < -0.4 is 0 Å². The highest BCUT2D eigenvalue weighted by atomic mass is 32.3. The number of thioether (sulfide) groups is 2. The molecule has 1 saturated heterocycles. The molecule has 1 aliphatic heterocycles. The molecule has 2 nitrogen and oxygen atoms in total. The summed E-state index contributed by atoms with van der Waals surface area (Å²) in [5, 5.41) is 18.0. The molecule has 0 bridgehead atoms. The smallest absolute Gasteiger partial charge is 0.149 e. The van der Waals surface area contributed by atoms with E-state index >= 15 is 0 Å². The summed E-state index contributed by atoms with van der Waals surface area (Å²) in [7, 11) is 0. The van der Waals surface area contributed by atoms with Crippen molar-refractivity contribution in [2.45, 2.75) is 4.08 Å². The molecule has 4 heteroatoms. The molecule has 0 unspecified atom stereocenters. The van der Waals surface area contributed by atoms with Crippen molar-refractivity contribution in [3.8, 4) is 12.1 Å². The van der Waals surface area contributed by atoms with Gasteiger partial charge in [-0.3, -0.25) is 0 Å². The van der Waals surface area contributed by atoms with E-state index < -0.39 is 0 Å². The Bertz CT molecular complexity index is 702. The van der Waals surface area contributed by atoms with Crippen LogP contribution in [0.4, 0.5) is 0 Å². The highest BCUT2D eigenvalue weighted by molar-refractivity contribution is 8.39. The van der Waals surface area contributed by atoms with Crippen LogP contribution in [0.5, 0.6) is 0 Å². The van der Waals surface area contributed by atoms with Crippen molar-refractivity contribution in [3.05, 3.63) is 81.6 Å². The minimum atomic E-state index is -0.267. The lowest BCUT2D eigenvalue weighted by Crippen LogP contribution is -2.26. The van der Waals surface area contributed by atoms with Crippen LogP contribution in [-0.4, -0.2) is 0 Å². The Labute approximate surface area is 132 Å². The third-order valence-corrected chi connectivity index (χ3v) is 6.51. The van der Waals surface area contributed by atoms with Crippen LogP contribution >= 0.6 is 23.5 Å². The summed E-state index contributed by atoms with van der Waals surface area (Å²) < 4.78 is 0.532. The molecule has 1 aliphatic rings. The van der Waals surface area contributed by atoms with Crippen LogP contribution in [0.1, 0.15) is 11.1 Å². The van der Waals surface area contributed by atoms with Crippen LogP contribution in [0.15, 0.2) is 70.5 Å². The van der Waals surface area contributed by atoms with Gasteiger partial charge in [0.1, 0.15) is 21.8 Å². The zero-order valence-corrected chi connectivity index (χ0v) is 12.6. The van der Waals surface area contributed by atoms with Crippen LogP contribution in [0.2, 0.25) is 0 Å². The lowest BCUT2D eigenvalue weighted by Gasteiger charge is -2.42. The molecule has 1 heterocycles. The quantitative estimate of drug-likeness (QED) is 0.759. The molecule has 100 valence electrons. The molecule has 1 fully saturated rings. The second-order valence-corrected chi connectivity index (χ2v) is 7.41. The first-order valence-electron chi connectivity index (χ1n) is 6.34. The van der Waals surface area contributed by atoms with Gasteiger partial charge in [0, 0.05) is 0 Å². The molecule has 2 aromatic rings. The normalized spacial score (nSPS) is 15.4. The van der Waals surface area contributed by atoms with E-state index in [0.29, 0.717) is 0 Å². The number of allylic oxidation sites excluding steroid dienone is 1. The maximum absolute atomic E-state index is 9.02. The van der Waals surface area contributed by atoms with E-state index in [-0.39, 0.29) is 9.65 Å². The summed E-state index contributed by atoms with van der Waals surface area (Å²) in [6.45, 7) is 0. The van der Waals surface area contributed by atoms with E-state index in [2.05, 4.69) is 24.3 Å². The van der Waals surface area contributed by atoms with Crippen molar-refractivity contribution < 1.29 is 0 Å². The van der Waals surface area contributed by atoms with Crippen molar-refractivity contribution in [3.63, 3.8) is 0 Å². The molecule has 0 atom stereocenters. The fourth-order valence-electron chi connectivity index (χ4n) is 2.20. The summed E-state index contributed by atoms with van der Waals surface area (Å²) >= 11 is 3.16. The van der Waals surface area contributed by atoms with E-state index in [1.807, 2.05) is 48.5 Å². The van der Waals surface area contributed by atoms with E-state index in [1.165, 1.54) is 11.1 Å². The summed E-state index contributed by atoms with van der Waals surface area (Å²) in [6.07, 6.45) is 0. The van der Waals surface area contributed by atoms with E-state index in [1.54, 1.807) is 23.5 Å². The monoisotopic (exact) mass is 306 g/mol.